The summed E-state index contributed by atoms with van der Waals surface area (Å²) in [4.78, 5) is 33.6. The number of rotatable bonds is 3. The molecule has 0 atom stereocenters. The summed E-state index contributed by atoms with van der Waals surface area (Å²) in [6.45, 7) is 1.27. The molecule has 7 nitrogen and oxygen atoms in total. The van der Waals surface area contributed by atoms with E-state index in [1.54, 1.807) is 6.07 Å². The second-order valence-corrected chi connectivity index (χ2v) is 5.71. The van der Waals surface area contributed by atoms with E-state index in [1.165, 1.54) is 31.2 Å². The minimum Gasteiger partial charge on any atom is -0.274 e. The van der Waals surface area contributed by atoms with Gasteiger partial charge in [0.25, 0.3) is 11.6 Å². The Labute approximate surface area is 129 Å². The molecule has 0 bridgehead atoms. The molecule has 1 aromatic rings. The highest BCUT2D eigenvalue weighted by atomic mass is 32.2. The summed E-state index contributed by atoms with van der Waals surface area (Å²) in [6.07, 6.45) is 1.49. The molecule has 0 spiro atoms. The van der Waals surface area contributed by atoms with Crippen molar-refractivity contribution in [2.75, 3.05) is 0 Å². The first kappa shape index (κ1) is 15.1. The number of hydrogen-bond donors (Lipinski definition) is 1. The van der Waals surface area contributed by atoms with Crippen LogP contribution >= 0.6 is 24.0 Å². The van der Waals surface area contributed by atoms with Gasteiger partial charge in [0.05, 0.1) is 9.83 Å². The number of non-ortho nitro benzene ring substituents is 1. The van der Waals surface area contributed by atoms with E-state index < -0.39 is 16.7 Å². The SMILES string of the molecule is CC(=O)NN1C(=O)C(=Cc2cccc([N+](=O)[O-])c2)SC1=S. The molecule has 108 valence electrons. The molecular weight excluding hydrogens is 314 g/mol. The zero-order valence-electron chi connectivity index (χ0n) is 10.7. The topological polar surface area (TPSA) is 92.6 Å². The third kappa shape index (κ3) is 3.44. The molecule has 0 saturated carbocycles. The van der Waals surface area contributed by atoms with Gasteiger partial charge in [-0.25, -0.2) is 0 Å². The number of nitro groups is 1. The number of hydrogen-bond acceptors (Lipinski definition) is 6. The first-order valence-corrected chi connectivity index (χ1v) is 6.90. The maximum Gasteiger partial charge on any atom is 0.285 e. The average molecular weight is 323 g/mol. The summed E-state index contributed by atoms with van der Waals surface area (Å²) in [5, 5.41) is 11.7. The molecule has 1 fully saturated rings. The van der Waals surface area contributed by atoms with Gasteiger partial charge in [-0.05, 0) is 23.9 Å². The molecule has 2 rings (SSSR count). The molecule has 1 heterocycles. The highest BCUT2D eigenvalue weighted by molar-refractivity contribution is 8.26. The number of thioether (sulfide) groups is 1. The maximum absolute atomic E-state index is 12.1. The van der Waals surface area contributed by atoms with Crippen LogP contribution in [0.5, 0.6) is 0 Å². The van der Waals surface area contributed by atoms with Gasteiger partial charge in [0.15, 0.2) is 4.32 Å². The van der Waals surface area contributed by atoms with Gasteiger partial charge in [-0.2, -0.15) is 5.01 Å². The Morgan fingerprint density at radius 2 is 2.24 bits per heavy atom. The Morgan fingerprint density at radius 1 is 1.52 bits per heavy atom. The van der Waals surface area contributed by atoms with Crippen LogP contribution in [0.2, 0.25) is 0 Å². The fourth-order valence-corrected chi connectivity index (χ4v) is 2.78. The molecule has 2 amide bonds. The fraction of sp³-hybridized carbons (Fsp3) is 0.0833. The highest BCUT2D eigenvalue weighted by Gasteiger charge is 2.33. The number of amides is 2. The van der Waals surface area contributed by atoms with Gasteiger partial charge >= 0.3 is 0 Å². The van der Waals surface area contributed by atoms with Gasteiger partial charge in [-0.15, -0.1) is 0 Å². The lowest BCUT2D eigenvalue weighted by Gasteiger charge is -2.13. The van der Waals surface area contributed by atoms with Crippen molar-refractivity contribution in [2.45, 2.75) is 6.92 Å². The highest BCUT2D eigenvalue weighted by Crippen LogP contribution is 2.31. The molecular formula is C12H9N3O4S2. The quantitative estimate of drug-likeness (QED) is 0.395. The van der Waals surface area contributed by atoms with Crippen LogP contribution in [0.4, 0.5) is 5.69 Å². The van der Waals surface area contributed by atoms with Crippen LogP contribution in [-0.4, -0.2) is 26.1 Å². The number of carbonyl (C=O) groups excluding carboxylic acids is 2. The summed E-state index contributed by atoms with van der Waals surface area (Å²) in [5.74, 6) is -0.880. The number of thiocarbonyl (C=S) groups is 1. The van der Waals surface area contributed by atoms with Crippen LogP contribution in [0.15, 0.2) is 29.2 Å². The summed E-state index contributed by atoms with van der Waals surface area (Å²) in [6, 6.07) is 5.88. The lowest BCUT2D eigenvalue weighted by atomic mass is 10.2. The largest absolute Gasteiger partial charge is 0.285 e. The third-order valence-electron chi connectivity index (χ3n) is 2.44. The number of nitrogens with one attached hydrogen (secondary N) is 1. The number of hydrazine groups is 1. The van der Waals surface area contributed by atoms with Crippen molar-refractivity contribution < 1.29 is 14.5 Å². The van der Waals surface area contributed by atoms with E-state index in [1.807, 2.05) is 0 Å². The monoisotopic (exact) mass is 323 g/mol. The number of carbonyl (C=O) groups is 2. The average Bonchev–Trinajstić information content (AvgIpc) is 2.66. The predicted molar refractivity (Wildman–Crippen MR) is 81.9 cm³/mol. The van der Waals surface area contributed by atoms with Gasteiger partial charge in [0.1, 0.15) is 0 Å². The standard InChI is InChI=1S/C12H9N3O4S2/c1-7(16)13-14-11(17)10(21-12(14)20)6-8-3-2-4-9(5-8)15(18)19/h2-6H,1H3,(H,13,16). The van der Waals surface area contributed by atoms with Crippen molar-refractivity contribution in [2.24, 2.45) is 0 Å². The van der Waals surface area contributed by atoms with Gasteiger partial charge < -0.3 is 0 Å². The number of benzene rings is 1. The zero-order valence-corrected chi connectivity index (χ0v) is 12.4. The van der Waals surface area contributed by atoms with Crippen molar-refractivity contribution in [1.82, 2.24) is 10.4 Å². The van der Waals surface area contributed by atoms with Crippen LogP contribution in [0.25, 0.3) is 6.08 Å². The fourth-order valence-electron chi connectivity index (χ4n) is 1.60. The smallest absolute Gasteiger partial charge is 0.274 e. The molecule has 21 heavy (non-hydrogen) atoms. The normalized spacial score (nSPS) is 16.4. The van der Waals surface area contributed by atoms with E-state index >= 15 is 0 Å². The van der Waals surface area contributed by atoms with Crippen LogP contribution in [0.1, 0.15) is 12.5 Å². The van der Waals surface area contributed by atoms with Crippen molar-refractivity contribution in [3.63, 3.8) is 0 Å². The maximum atomic E-state index is 12.1. The molecule has 1 aliphatic rings. The third-order valence-corrected chi connectivity index (χ3v) is 3.74. The Hall–Kier alpha value is -2.26. The van der Waals surface area contributed by atoms with E-state index in [0.717, 1.165) is 16.8 Å². The molecule has 0 aromatic heterocycles. The number of nitro benzene ring substituents is 1. The zero-order chi connectivity index (χ0) is 15.6. The first-order valence-electron chi connectivity index (χ1n) is 5.68. The Balaban J connectivity index is 2.28. The van der Waals surface area contributed by atoms with E-state index in [-0.39, 0.29) is 14.9 Å². The Kier molecular flexibility index (Phi) is 4.34. The van der Waals surface area contributed by atoms with E-state index in [4.69, 9.17) is 12.2 Å². The first-order chi connectivity index (χ1) is 9.88. The number of nitrogens with zero attached hydrogens (tertiary/aromatic N) is 2. The van der Waals surface area contributed by atoms with Gasteiger partial charge in [0.2, 0.25) is 5.91 Å². The Bertz CT molecular complexity index is 687. The molecule has 1 N–H and O–H groups in total. The molecule has 9 heteroatoms. The summed E-state index contributed by atoms with van der Waals surface area (Å²) in [5.41, 5.74) is 2.76. The van der Waals surface area contributed by atoms with Crippen LogP contribution in [0.3, 0.4) is 0 Å². The molecule has 1 aliphatic heterocycles. The molecule has 0 radical (unpaired) electrons. The predicted octanol–water partition coefficient (Wildman–Crippen LogP) is 1.85. The lowest BCUT2D eigenvalue weighted by molar-refractivity contribution is -0.384. The van der Waals surface area contributed by atoms with Crippen molar-refractivity contribution in [1.29, 1.82) is 0 Å². The van der Waals surface area contributed by atoms with Crippen LogP contribution in [-0.2, 0) is 9.59 Å². The minimum atomic E-state index is -0.514. The van der Waals surface area contributed by atoms with Gasteiger partial charge in [-0.1, -0.05) is 23.9 Å². The van der Waals surface area contributed by atoms with E-state index in [9.17, 15) is 19.7 Å². The van der Waals surface area contributed by atoms with Crippen molar-refractivity contribution >= 4 is 51.9 Å². The van der Waals surface area contributed by atoms with E-state index in [0.29, 0.717) is 5.56 Å². The Morgan fingerprint density at radius 3 is 2.86 bits per heavy atom. The summed E-state index contributed by atoms with van der Waals surface area (Å²) in [7, 11) is 0. The molecule has 0 unspecified atom stereocenters. The lowest BCUT2D eigenvalue weighted by Crippen LogP contribution is -2.43. The second kappa shape index (κ2) is 6.02. The molecule has 1 aromatic carbocycles. The molecule has 0 aliphatic carbocycles. The van der Waals surface area contributed by atoms with Gasteiger partial charge in [0, 0.05) is 19.1 Å². The van der Waals surface area contributed by atoms with Crippen molar-refractivity contribution in [3.05, 3.63) is 44.8 Å². The summed E-state index contributed by atoms with van der Waals surface area (Å²) >= 11 is 6.02. The van der Waals surface area contributed by atoms with Gasteiger partial charge in [-0.3, -0.25) is 25.1 Å². The minimum absolute atomic E-state index is 0.0684. The van der Waals surface area contributed by atoms with Crippen LogP contribution in [0, 0.1) is 10.1 Å². The van der Waals surface area contributed by atoms with E-state index in [2.05, 4.69) is 5.43 Å². The second-order valence-electron chi connectivity index (χ2n) is 4.04. The molecule has 1 saturated heterocycles. The van der Waals surface area contributed by atoms with Crippen LogP contribution < -0.4 is 5.43 Å². The van der Waals surface area contributed by atoms with Crippen molar-refractivity contribution in [3.8, 4) is 0 Å². The summed E-state index contributed by atoms with van der Waals surface area (Å²) < 4.78 is 0.201.